The first kappa shape index (κ1) is 18.3. The topological polar surface area (TPSA) is 42.0 Å². The van der Waals surface area contributed by atoms with Crippen LogP contribution in [0.15, 0.2) is 48.5 Å². The lowest BCUT2D eigenvalue weighted by Crippen LogP contribution is -2.55. The molecule has 0 N–H and O–H groups in total. The van der Waals surface area contributed by atoms with Crippen molar-refractivity contribution < 1.29 is 14.3 Å². The van der Waals surface area contributed by atoms with Crippen molar-refractivity contribution in [2.75, 3.05) is 31.7 Å². The van der Waals surface area contributed by atoms with Crippen LogP contribution in [0, 0.1) is 0 Å². The van der Waals surface area contributed by atoms with Gasteiger partial charge < -0.3 is 14.4 Å². The molecule has 2 aromatic rings. The molecule has 5 heteroatoms. The zero-order valence-electron chi connectivity index (χ0n) is 15.6. The van der Waals surface area contributed by atoms with Gasteiger partial charge in [0.2, 0.25) is 5.91 Å². The fraction of sp³-hybridized carbons (Fsp3) is 0.381. The summed E-state index contributed by atoms with van der Waals surface area (Å²) in [5.41, 5.74) is 2.05. The summed E-state index contributed by atoms with van der Waals surface area (Å²) in [5, 5.41) is 0. The molecule has 0 spiro atoms. The minimum Gasteiger partial charge on any atom is -0.497 e. The highest BCUT2D eigenvalue weighted by atomic mass is 16.5. The molecule has 3 rings (SSSR count). The smallest absolute Gasteiger partial charge is 0.244 e. The first-order valence-electron chi connectivity index (χ1n) is 9.03. The van der Waals surface area contributed by atoms with Crippen LogP contribution < -0.4 is 14.4 Å². The van der Waals surface area contributed by atoms with Crippen molar-refractivity contribution in [3.05, 3.63) is 54.1 Å². The average molecular weight is 354 g/mol. The van der Waals surface area contributed by atoms with Gasteiger partial charge in [0.15, 0.2) is 0 Å². The summed E-state index contributed by atoms with van der Waals surface area (Å²) in [6, 6.07) is 15.6. The molecule has 0 bridgehead atoms. The van der Waals surface area contributed by atoms with E-state index in [9.17, 15) is 4.79 Å². The largest absolute Gasteiger partial charge is 0.497 e. The lowest BCUT2D eigenvalue weighted by Gasteiger charge is -2.39. The number of methoxy groups -OCH3 is 1. The van der Waals surface area contributed by atoms with Gasteiger partial charge in [-0.25, -0.2) is 0 Å². The van der Waals surface area contributed by atoms with Crippen LogP contribution in [0.1, 0.15) is 19.4 Å². The molecule has 2 aromatic carbocycles. The van der Waals surface area contributed by atoms with E-state index in [0.717, 1.165) is 35.8 Å². The van der Waals surface area contributed by atoms with Gasteiger partial charge in [-0.2, -0.15) is 0 Å². The highest BCUT2D eigenvalue weighted by Crippen LogP contribution is 2.26. The molecule has 26 heavy (non-hydrogen) atoms. The Bertz CT molecular complexity index is 762. The number of rotatable bonds is 6. The predicted molar refractivity (Wildman–Crippen MR) is 103 cm³/mol. The third-order valence-electron chi connectivity index (χ3n) is 4.74. The Morgan fingerprint density at radius 3 is 2.62 bits per heavy atom. The number of hydrogen-bond acceptors (Lipinski definition) is 4. The Kier molecular flexibility index (Phi) is 5.78. The van der Waals surface area contributed by atoms with Crippen LogP contribution in [0.4, 0.5) is 5.69 Å². The van der Waals surface area contributed by atoms with E-state index in [0.29, 0.717) is 13.2 Å². The predicted octanol–water partition coefficient (Wildman–Crippen LogP) is 3.33. The third-order valence-corrected chi connectivity index (χ3v) is 4.74. The van der Waals surface area contributed by atoms with Crippen molar-refractivity contribution in [3.63, 3.8) is 0 Å². The van der Waals surface area contributed by atoms with E-state index in [1.165, 1.54) is 0 Å². The molecule has 1 aliphatic heterocycles. The first-order valence-corrected chi connectivity index (χ1v) is 9.03. The van der Waals surface area contributed by atoms with Crippen molar-refractivity contribution in [2.45, 2.75) is 26.4 Å². The Morgan fingerprint density at radius 2 is 1.85 bits per heavy atom. The maximum Gasteiger partial charge on any atom is 0.244 e. The number of benzene rings is 2. The number of nitrogens with zero attached hydrogens (tertiary/aromatic N) is 2. The van der Waals surface area contributed by atoms with E-state index >= 15 is 0 Å². The van der Waals surface area contributed by atoms with Gasteiger partial charge in [0.25, 0.3) is 0 Å². The molecular formula is C21H26N2O3. The van der Waals surface area contributed by atoms with Crippen LogP contribution in [0.25, 0.3) is 0 Å². The molecule has 0 aliphatic carbocycles. The van der Waals surface area contributed by atoms with E-state index in [2.05, 4.69) is 11.0 Å². The van der Waals surface area contributed by atoms with Gasteiger partial charge >= 0.3 is 0 Å². The molecule has 0 saturated carbocycles. The fourth-order valence-electron chi connectivity index (χ4n) is 3.30. The van der Waals surface area contributed by atoms with Crippen LogP contribution in [-0.4, -0.2) is 43.7 Å². The second kappa shape index (κ2) is 8.23. The van der Waals surface area contributed by atoms with Crippen LogP contribution in [-0.2, 0) is 11.3 Å². The van der Waals surface area contributed by atoms with Crippen LogP contribution in [0.5, 0.6) is 11.5 Å². The number of carbonyl (C=O) groups excluding carboxylic acids is 1. The van der Waals surface area contributed by atoms with Crippen LogP contribution in [0.3, 0.4) is 0 Å². The third kappa shape index (κ3) is 3.99. The molecule has 1 aliphatic rings. The standard InChI is InChI=1S/C21H26N2O3/c1-4-26-20-10-6-8-18(14-20)23-12-11-22(16(2)21(23)24)15-17-7-5-9-19(13-17)25-3/h5-10,13-14,16H,4,11-12,15H2,1-3H3. The second-order valence-corrected chi connectivity index (χ2v) is 6.42. The molecule has 1 saturated heterocycles. The minimum atomic E-state index is -0.175. The van der Waals surface area contributed by atoms with Crippen molar-refractivity contribution >= 4 is 11.6 Å². The summed E-state index contributed by atoms with van der Waals surface area (Å²) in [6.07, 6.45) is 0. The highest BCUT2D eigenvalue weighted by molar-refractivity contribution is 5.97. The number of piperazine rings is 1. The fourth-order valence-corrected chi connectivity index (χ4v) is 3.30. The highest BCUT2D eigenvalue weighted by Gasteiger charge is 2.32. The molecule has 0 aromatic heterocycles. The number of ether oxygens (including phenoxy) is 2. The van der Waals surface area contributed by atoms with E-state index in [1.807, 2.05) is 61.2 Å². The van der Waals surface area contributed by atoms with Crippen LogP contribution >= 0.6 is 0 Å². The van der Waals surface area contributed by atoms with Crippen molar-refractivity contribution in [1.29, 1.82) is 0 Å². The molecule has 1 fully saturated rings. The number of amides is 1. The van der Waals surface area contributed by atoms with Crippen molar-refractivity contribution in [2.24, 2.45) is 0 Å². The maximum atomic E-state index is 12.9. The lowest BCUT2D eigenvalue weighted by atomic mass is 10.1. The van der Waals surface area contributed by atoms with Gasteiger partial charge in [-0.15, -0.1) is 0 Å². The van der Waals surface area contributed by atoms with Gasteiger partial charge in [-0.3, -0.25) is 9.69 Å². The molecule has 5 nitrogen and oxygen atoms in total. The lowest BCUT2D eigenvalue weighted by molar-refractivity contribution is -0.125. The Labute approximate surface area is 155 Å². The molecule has 1 unspecified atom stereocenters. The number of hydrogen-bond donors (Lipinski definition) is 0. The summed E-state index contributed by atoms with van der Waals surface area (Å²) in [4.78, 5) is 17.0. The van der Waals surface area contributed by atoms with Crippen molar-refractivity contribution in [1.82, 2.24) is 4.90 Å². The molecule has 1 atom stereocenters. The van der Waals surface area contributed by atoms with Crippen molar-refractivity contribution in [3.8, 4) is 11.5 Å². The molecular weight excluding hydrogens is 328 g/mol. The Hall–Kier alpha value is -2.53. The van der Waals surface area contributed by atoms with Gasteiger partial charge in [0.05, 0.1) is 19.8 Å². The monoisotopic (exact) mass is 354 g/mol. The molecule has 1 amide bonds. The normalized spacial score (nSPS) is 18.0. The van der Waals surface area contributed by atoms with Gasteiger partial charge in [0, 0.05) is 31.4 Å². The molecule has 138 valence electrons. The quantitative estimate of drug-likeness (QED) is 0.798. The summed E-state index contributed by atoms with van der Waals surface area (Å²) in [6.45, 7) is 6.77. The summed E-state index contributed by atoms with van der Waals surface area (Å²) >= 11 is 0. The minimum absolute atomic E-state index is 0.118. The van der Waals surface area contributed by atoms with Gasteiger partial charge in [-0.05, 0) is 43.7 Å². The zero-order valence-corrected chi connectivity index (χ0v) is 15.6. The number of carbonyl (C=O) groups is 1. The van der Waals surface area contributed by atoms with E-state index < -0.39 is 0 Å². The number of anilines is 1. The summed E-state index contributed by atoms with van der Waals surface area (Å²) in [7, 11) is 1.67. The molecule has 0 radical (unpaired) electrons. The van der Waals surface area contributed by atoms with Gasteiger partial charge in [0.1, 0.15) is 11.5 Å². The summed E-state index contributed by atoms with van der Waals surface area (Å²) < 4.78 is 10.9. The average Bonchev–Trinajstić information content (AvgIpc) is 2.66. The maximum absolute atomic E-state index is 12.9. The Morgan fingerprint density at radius 1 is 1.08 bits per heavy atom. The van der Waals surface area contributed by atoms with Gasteiger partial charge in [-0.1, -0.05) is 18.2 Å². The van der Waals surface area contributed by atoms with E-state index in [4.69, 9.17) is 9.47 Å². The van der Waals surface area contributed by atoms with E-state index in [1.54, 1.807) is 7.11 Å². The Balaban J connectivity index is 1.71. The second-order valence-electron chi connectivity index (χ2n) is 6.42. The zero-order chi connectivity index (χ0) is 18.5. The van der Waals surface area contributed by atoms with Crippen LogP contribution in [0.2, 0.25) is 0 Å². The first-order chi connectivity index (χ1) is 12.6. The summed E-state index contributed by atoms with van der Waals surface area (Å²) in [5.74, 6) is 1.75. The molecule has 1 heterocycles. The SMILES string of the molecule is CCOc1cccc(N2CCN(Cc3cccc(OC)c3)C(C)C2=O)c1. The van der Waals surface area contributed by atoms with E-state index in [-0.39, 0.29) is 11.9 Å².